The summed E-state index contributed by atoms with van der Waals surface area (Å²) in [6.07, 6.45) is 6.86. The topological polar surface area (TPSA) is 24.1 Å². The van der Waals surface area contributed by atoms with Gasteiger partial charge < -0.3 is 10.6 Å². The summed E-state index contributed by atoms with van der Waals surface area (Å²) in [6, 6.07) is 1.59. The molecule has 2 heteroatoms. The second-order valence-corrected chi connectivity index (χ2v) is 5.40. The van der Waals surface area contributed by atoms with E-state index in [1.54, 1.807) is 0 Å². The van der Waals surface area contributed by atoms with Gasteiger partial charge in [-0.3, -0.25) is 0 Å². The van der Waals surface area contributed by atoms with Gasteiger partial charge in [0.15, 0.2) is 0 Å². The molecule has 0 spiro atoms. The first-order valence-corrected chi connectivity index (χ1v) is 6.78. The minimum atomic E-state index is 0.786. The molecule has 2 aliphatic rings. The van der Waals surface area contributed by atoms with E-state index < -0.39 is 0 Å². The zero-order chi connectivity index (χ0) is 10.7. The molecule has 1 saturated carbocycles. The molecule has 88 valence electrons. The number of nitrogens with one attached hydrogen (secondary N) is 2. The van der Waals surface area contributed by atoms with Gasteiger partial charge in [-0.05, 0) is 50.6 Å². The summed E-state index contributed by atoms with van der Waals surface area (Å²) in [7, 11) is 0. The molecule has 15 heavy (non-hydrogen) atoms. The second-order valence-electron chi connectivity index (χ2n) is 5.40. The molecule has 0 aromatic heterocycles. The first-order valence-electron chi connectivity index (χ1n) is 6.78. The lowest BCUT2D eigenvalue weighted by Crippen LogP contribution is -2.45. The fraction of sp³-hybridized carbons (Fsp3) is 1.00. The summed E-state index contributed by atoms with van der Waals surface area (Å²) in [5.74, 6) is 1.87. The van der Waals surface area contributed by atoms with Gasteiger partial charge in [-0.2, -0.15) is 0 Å². The molecule has 0 radical (unpaired) electrons. The van der Waals surface area contributed by atoms with E-state index in [4.69, 9.17) is 0 Å². The quantitative estimate of drug-likeness (QED) is 0.746. The van der Waals surface area contributed by atoms with Crippen molar-refractivity contribution in [3.63, 3.8) is 0 Å². The molecular formula is C13H26N2. The highest BCUT2D eigenvalue weighted by Gasteiger charge is 2.32. The van der Waals surface area contributed by atoms with Crippen LogP contribution >= 0.6 is 0 Å². The Morgan fingerprint density at radius 2 is 1.87 bits per heavy atom. The minimum absolute atomic E-state index is 0.786. The van der Waals surface area contributed by atoms with Crippen molar-refractivity contribution in [2.24, 2.45) is 11.8 Å². The van der Waals surface area contributed by atoms with Crippen LogP contribution in [0.3, 0.4) is 0 Å². The maximum Gasteiger partial charge on any atom is 0.00980 e. The third-order valence-corrected chi connectivity index (χ3v) is 4.54. The van der Waals surface area contributed by atoms with E-state index in [2.05, 4.69) is 24.5 Å². The lowest BCUT2D eigenvalue weighted by Gasteiger charge is -2.30. The maximum atomic E-state index is 3.89. The minimum Gasteiger partial charge on any atom is -0.317 e. The molecule has 0 bridgehead atoms. The van der Waals surface area contributed by atoms with Crippen LogP contribution in [0.25, 0.3) is 0 Å². The summed E-state index contributed by atoms with van der Waals surface area (Å²) < 4.78 is 0. The number of hydrogen-bond donors (Lipinski definition) is 2. The lowest BCUT2D eigenvalue weighted by molar-refractivity contribution is 0.290. The highest BCUT2D eigenvalue weighted by atomic mass is 15.0. The van der Waals surface area contributed by atoms with Gasteiger partial charge in [-0.25, -0.2) is 0 Å². The number of piperidine rings is 1. The summed E-state index contributed by atoms with van der Waals surface area (Å²) in [5.41, 5.74) is 0. The molecular weight excluding hydrogens is 184 g/mol. The highest BCUT2D eigenvalue weighted by molar-refractivity contribution is 4.89. The van der Waals surface area contributed by atoms with E-state index in [1.165, 1.54) is 45.2 Å². The van der Waals surface area contributed by atoms with Crippen molar-refractivity contribution in [2.45, 2.75) is 58.0 Å². The van der Waals surface area contributed by atoms with Crippen LogP contribution in [0.4, 0.5) is 0 Å². The Morgan fingerprint density at radius 1 is 1.13 bits per heavy atom. The van der Waals surface area contributed by atoms with E-state index >= 15 is 0 Å². The average Bonchev–Trinajstić information content (AvgIpc) is 2.62. The van der Waals surface area contributed by atoms with Gasteiger partial charge in [-0.15, -0.1) is 0 Å². The van der Waals surface area contributed by atoms with Crippen LogP contribution in [0.2, 0.25) is 0 Å². The van der Waals surface area contributed by atoms with Gasteiger partial charge in [0, 0.05) is 12.1 Å². The molecule has 1 aliphatic heterocycles. The van der Waals surface area contributed by atoms with Crippen molar-refractivity contribution in [3.8, 4) is 0 Å². The number of hydrogen-bond acceptors (Lipinski definition) is 2. The maximum absolute atomic E-state index is 3.89. The summed E-state index contributed by atoms with van der Waals surface area (Å²) in [4.78, 5) is 0. The van der Waals surface area contributed by atoms with E-state index in [1.807, 2.05) is 0 Å². The zero-order valence-electron chi connectivity index (χ0n) is 10.3. The Balaban J connectivity index is 1.79. The van der Waals surface area contributed by atoms with Crippen LogP contribution in [0.5, 0.6) is 0 Å². The molecule has 0 aromatic rings. The molecule has 2 N–H and O–H groups in total. The van der Waals surface area contributed by atoms with Gasteiger partial charge in [-0.1, -0.05) is 20.3 Å². The Bertz CT molecular complexity index is 187. The molecule has 0 aromatic carbocycles. The van der Waals surface area contributed by atoms with Crippen LogP contribution in [0, 0.1) is 11.8 Å². The van der Waals surface area contributed by atoms with Gasteiger partial charge in [0.1, 0.15) is 0 Å². The van der Waals surface area contributed by atoms with Crippen molar-refractivity contribution in [1.82, 2.24) is 10.6 Å². The Hall–Kier alpha value is -0.0800. The molecule has 2 nitrogen and oxygen atoms in total. The monoisotopic (exact) mass is 210 g/mol. The van der Waals surface area contributed by atoms with Gasteiger partial charge >= 0.3 is 0 Å². The molecule has 0 amide bonds. The van der Waals surface area contributed by atoms with Gasteiger partial charge in [0.2, 0.25) is 0 Å². The molecule has 3 atom stereocenters. The van der Waals surface area contributed by atoms with Crippen LogP contribution in [0.15, 0.2) is 0 Å². The van der Waals surface area contributed by atoms with Gasteiger partial charge in [0.25, 0.3) is 0 Å². The van der Waals surface area contributed by atoms with Crippen molar-refractivity contribution in [1.29, 1.82) is 0 Å². The van der Waals surface area contributed by atoms with Crippen LogP contribution in [0.1, 0.15) is 46.0 Å². The smallest absolute Gasteiger partial charge is 0.00980 e. The third-order valence-electron chi connectivity index (χ3n) is 4.54. The van der Waals surface area contributed by atoms with Crippen molar-refractivity contribution in [3.05, 3.63) is 0 Å². The zero-order valence-corrected chi connectivity index (χ0v) is 10.3. The van der Waals surface area contributed by atoms with Crippen molar-refractivity contribution in [2.75, 3.05) is 13.1 Å². The molecule has 1 heterocycles. The number of rotatable bonds is 3. The van der Waals surface area contributed by atoms with E-state index in [0.717, 1.165) is 23.9 Å². The summed E-state index contributed by atoms with van der Waals surface area (Å²) >= 11 is 0. The first-order chi connectivity index (χ1) is 7.31. The van der Waals surface area contributed by atoms with E-state index in [-0.39, 0.29) is 0 Å². The predicted molar refractivity (Wildman–Crippen MR) is 65.0 cm³/mol. The average molecular weight is 210 g/mol. The normalized spacial score (nSPS) is 38.4. The first kappa shape index (κ1) is 11.4. The van der Waals surface area contributed by atoms with Gasteiger partial charge in [0.05, 0.1) is 0 Å². The molecule has 2 rings (SSSR count). The van der Waals surface area contributed by atoms with E-state index in [0.29, 0.717) is 0 Å². The lowest BCUT2D eigenvalue weighted by atomic mass is 9.92. The standard InChI is InChI=1S/C13H26N2/c1-3-11-4-5-13(10(11)2)15-12-6-8-14-9-7-12/h10-15H,3-9H2,1-2H3. The van der Waals surface area contributed by atoms with Crippen LogP contribution < -0.4 is 10.6 Å². The molecule has 3 unspecified atom stereocenters. The third kappa shape index (κ3) is 2.73. The Kier molecular flexibility index (Phi) is 4.04. The fourth-order valence-electron chi connectivity index (χ4n) is 3.35. The van der Waals surface area contributed by atoms with E-state index in [9.17, 15) is 0 Å². The van der Waals surface area contributed by atoms with Crippen LogP contribution in [-0.4, -0.2) is 25.2 Å². The van der Waals surface area contributed by atoms with Crippen molar-refractivity contribution < 1.29 is 0 Å². The predicted octanol–water partition coefficient (Wildman–Crippen LogP) is 2.15. The molecule has 2 fully saturated rings. The Morgan fingerprint density at radius 3 is 2.47 bits per heavy atom. The highest BCUT2D eigenvalue weighted by Crippen LogP contribution is 2.34. The molecule has 1 saturated heterocycles. The van der Waals surface area contributed by atoms with Crippen LogP contribution in [-0.2, 0) is 0 Å². The fourth-order valence-corrected chi connectivity index (χ4v) is 3.35. The molecule has 1 aliphatic carbocycles. The summed E-state index contributed by atoms with van der Waals surface area (Å²) in [6.45, 7) is 7.19. The Labute approximate surface area is 94.2 Å². The second kappa shape index (κ2) is 5.31. The SMILES string of the molecule is CCC1CCC(NC2CCNCC2)C1C. The summed E-state index contributed by atoms with van der Waals surface area (Å²) in [5, 5.41) is 7.32. The largest absolute Gasteiger partial charge is 0.317 e. The van der Waals surface area contributed by atoms with Crippen molar-refractivity contribution >= 4 is 0 Å².